The quantitative estimate of drug-likeness (QED) is 0.813. The van der Waals surface area contributed by atoms with Crippen molar-refractivity contribution in [1.29, 1.82) is 0 Å². The Bertz CT molecular complexity index is 507. The van der Waals surface area contributed by atoms with Gasteiger partial charge in [-0.1, -0.05) is 24.5 Å². The predicted octanol–water partition coefficient (Wildman–Crippen LogP) is 2.77. The lowest BCUT2D eigenvalue weighted by Gasteiger charge is -2.01. The number of carboxylic acids is 1. The third-order valence-electron chi connectivity index (χ3n) is 2.08. The number of hydrogen-bond donors (Lipinski definition) is 1. The van der Waals surface area contributed by atoms with Crippen LogP contribution in [0, 0.1) is 17.7 Å². The summed E-state index contributed by atoms with van der Waals surface area (Å²) >= 11 is 0. The molecule has 0 heterocycles. The van der Waals surface area contributed by atoms with Crippen molar-refractivity contribution < 1.29 is 14.3 Å². The van der Waals surface area contributed by atoms with Crippen LogP contribution in [0.5, 0.6) is 0 Å². The lowest BCUT2D eigenvalue weighted by Crippen LogP contribution is -1.99. The second-order valence-electron chi connectivity index (χ2n) is 3.73. The first-order valence-corrected chi connectivity index (χ1v) is 5.17. The number of hydrogen-bond acceptors (Lipinski definition) is 1. The first-order chi connectivity index (χ1) is 7.99. The number of benzene rings is 1. The second kappa shape index (κ2) is 5.86. The van der Waals surface area contributed by atoms with E-state index in [-0.39, 0.29) is 12.8 Å². The number of aryl methyl sites for hydroxylation is 1. The van der Waals surface area contributed by atoms with Crippen LogP contribution in [-0.2, 0) is 11.2 Å². The highest BCUT2D eigenvalue weighted by atomic mass is 19.1. The smallest absolute Gasteiger partial charge is 0.303 e. The summed E-state index contributed by atoms with van der Waals surface area (Å²) < 4.78 is 13.5. The summed E-state index contributed by atoms with van der Waals surface area (Å²) in [6.45, 7) is 5.39. The number of rotatable bonds is 3. The highest BCUT2D eigenvalue weighted by molar-refractivity contribution is 5.67. The molecule has 88 valence electrons. The van der Waals surface area contributed by atoms with Crippen LogP contribution in [0.1, 0.15) is 24.5 Å². The molecule has 0 unspecified atom stereocenters. The summed E-state index contributed by atoms with van der Waals surface area (Å²) in [6.07, 6.45) is 0.114. The number of halogens is 1. The summed E-state index contributed by atoms with van der Waals surface area (Å²) in [6, 6.07) is 4.56. The maximum Gasteiger partial charge on any atom is 0.303 e. The van der Waals surface area contributed by atoms with Crippen molar-refractivity contribution in [3.05, 3.63) is 47.3 Å². The van der Waals surface area contributed by atoms with E-state index in [1.54, 1.807) is 19.1 Å². The van der Waals surface area contributed by atoms with Crippen molar-refractivity contribution >= 4 is 5.97 Å². The molecule has 0 aliphatic rings. The molecule has 0 radical (unpaired) electrons. The van der Waals surface area contributed by atoms with E-state index in [1.165, 1.54) is 6.07 Å². The Morgan fingerprint density at radius 1 is 1.53 bits per heavy atom. The number of carbonyl (C=O) groups is 1. The Labute approximate surface area is 99.8 Å². The molecule has 17 heavy (non-hydrogen) atoms. The van der Waals surface area contributed by atoms with Crippen LogP contribution in [0.25, 0.3) is 0 Å². The maximum absolute atomic E-state index is 13.5. The van der Waals surface area contributed by atoms with E-state index < -0.39 is 11.8 Å². The Hall–Kier alpha value is -2.08. The third kappa shape index (κ3) is 4.52. The van der Waals surface area contributed by atoms with E-state index in [1.807, 2.05) is 0 Å². The van der Waals surface area contributed by atoms with Gasteiger partial charge in [0.2, 0.25) is 0 Å². The lowest BCUT2D eigenvalue weighted by molar-refractivity contribution is -0.136. The zero-order valence-corrected chi connectivity index (χ0v) is 9.59. The Morgan fingerprint density at radius 3 is 2.76 bits per heavy atom. The van der Waals surface area contributed by atoms with E-state index in [4.69, 9.17) is 5.11 Å². The van der Waals surface area contributed by atoms with Crippen molar-refractivity contribution in [1.82, 2.24) is 0 Å². The van der Waals surface area contributed by atoms with Crippen LogP contribution in [0.2, 0.25) is 0 Å². The fraction of sp³-hybridized carbons (Fsp3) is 0.214. The Morgan fingerprint density at radius 2 is 2.24 bits per heavy atom. The van der Waals surface area contributed by atoms with Gasteiger partial charge in [0.25, 0.3) is 0 Å². The third-order valence-corrected chi connectivity index (χ3v) is 2.08. The molecule has 0 aliphatic carbocycles. The molecular weight excluding hydrogens is 219 g/mol. The van der Waals surface area contributed by atoms with Crippen LogP contribution in [0.3, 0.4) is 0 Å². The maximum atomic E-state index is 13.5. The van der Waals surface area contributed by atoms with Crippen molar-refractivity contribution in [3.63, 3.8) is 0 Å². The molecule has 0 aliphatic heterocycles. The molecule has 0 saturated heterocycles. The van der Waals surface area contributed by atoms with Gasteiger partial charge >= 0.3 is 5.97 Å². The van der Waals surface area contributed by atoms with Crippen molar-refractivity contribution in [2.75, 3.05) is 0 Å². The average molecular weight is 232 g/mol. The lowest BCUT2D eigenvalue weighted by atomic mass is 10.1. The molecule has 0 saturated carbocycles. The molecule has 0 amide bonds. The highest BCUT2D eigenvalue weighted by Gasteiger charge is 2.05. The largest absolute Gasteiger partial charge is 0.481 e. The van der Waals surface area contributed by atoms with Gasteiger partial charge in [0.15, 0.2) is 0 Å². The van der Waals surface area contributed by atoms with Crippen molar-refractivity contribution in [2.45, 2.75) is 19.8 Å². The van der Waals surface area contributed by atoms with E-state index in [2.05, 4.69) is 18.4 Å². The molecule has 1 rings (SSSR count). The number of carboxylic acid groups (broad SMARTS) is 1. The first-order valence-electron chi connectivity index (χ1n) is 5.17. The van der Waals surface area contributed by atoms with Crippen LogP contribution in [-0.4, -0.2) is 11.1 Å². The fourth-order valence-corrected chi connectivity index (χ4v) is 1.25. The summed E-state index contributed by atoms with van der Waals surface area (Å²) in [5, 5.41) is 8.51. The van der Waals surface area contributed by atoms with Crippen LogP contribution in [0.4, 0.5) is 4.39 Å². The van der Waals surface area contributed by atoms with E-state index >= 15 is 0 Å². The van der Waals surface area contributed by atoms with Gasteiger partial charge in [-0.2, -0.15) is 0 Å². The Kier molecular flexibility index (Phi) is 4.47. The summed E-state index contributed by atoms with van der Waals surface area (Å²) in [5.41, 5.74) is 1.67. The number of aliphatic carboxylic acids is 1. The van der Waals surface area contributed by atoms with Gasteiger partial charge in [0, 0.05) is 12.0 Å². The molecule has 0 spiro atoms. The normalized spacial score (nSPS) is 9.29. The van der Waals surface area contributed by atoms with E-state index in [9.17, 15) is 9.18 Å². The summed E-state index contributed by atoms with van der Waals surface area (Å²) in [4.78, 5) is 10.4. The highest BCUT2D eigenvalue weighted by Crippen LogP contribution is 2.12. The predicted molar refractivity (Wildman–Crippen MR) is 64.0 cm³/mol. The SMILES string of the molecule is C=C(C)C#Cc1ccc(CCC(=O)O)c(F)c1. The molecular formula is C14H13FO2. The van der Waals surface area contributed by atoms with Crippen LogP contribution in [0.15, 0.2) is 30.4 Å². The zero-order valence-electron chi connectivity index (χ0n) is 9.59. The average Bonchev–Trinajstić information content (AvgIpc) is 2.24. The molecule has 0 atom stereocenters. The zero-order chi connectivity index (χ0) is 12.8. The van der Waals surface area contributed by atoms with Crippen molar-refractivity contribution in [2.24, 2.45) is 0 Å². The minimum atomic E-state index is -0.935. The first kappa shape index (κ1) is 13.0. The summed E-state index contributed by atoms with van der Waals surface area (Å²) in [5.74, 6) is 4.17. The minimum absolute atomic E-state index is 0.0757. The van der Waals surface area contributed by atoms with Gasteiger partial charge in [-0.15, -0.1) is 0 Å². The van der Waals surface area contributed by atoms with Crippen LogP contribution < -0.4 is 0 Å². The molecule has 1 N–H and O–H groups in total. The molecule has 0 aromatic heterocycles. The monoisotopic (exact) mass is 232 g/mol. The van der Waals surface area contributed by atoms with Crippen LogP contribution >= 0.6 is 0 Å². The van der Waals surface area contributed by atoms with Gasteiger partial charge in [0.05, 0.1) is 0 Å². The molecule has 3 heteroatoms. The second-order valence-corrected chi connectivity index (χ2v) is 3.73. The van der Waals surface area contributed by atoms with Gasteiger partial charge in [-0.3, -0.25) is 4.79 Å². The number of allylic oxidation sites excluding steroid dienone is 1. The standard InChI is InChI=1S/C14H13FO2/c1-10(2)3-4-11-5-6-12(13(15)9-11)7-8-14(16)17/h5-6,9H,1,7-8H2,2H3,(H,16,17). The minimum Gasteiger partial charge on any atom is -0.481 e. The van der Waals surface area contributed by atoms with Gasteiger partial charge in [-0.25, -0.2) is 4.39 Å². The summed E-state index contributed by atoms with van der Waals surface area (Å²) in [7, 11) is 0. The fourth-order valence-electron chi connectivity index (χ4n) is 1.25. The topological polar surface area (TPSA) is 37.3 Å². The van der Waals surface area contributed by atoms with Gasteiger partial charge in [0.1, 0.15) is 5.82 Å². The van der Waals surface area contributed by atoms with E-state index in [0.29, 0.717) is 16.7 Å². The molecule has 2 nitrogen and oxygen atoms in total. The molecule has 0 fully saturated rings. The molecule has 1 aromatic carbocycles. The molecule has 0 bridgehead atoms. The van der Waals surface area contributed by atoms with E-state index in [0.717, 1.165) is 0 Å². The Balaban J connectivity index is 2.83. The molecule has 1 aromatic rings. The van der Waals surface area contributed by atoms with Gasteiger partial charge < -0.3 is 5.11 Å². The van der Waals surface area contributed by atoms with Gasteiger partial charge in [-0.05, 0) is 36.6 Å². The van der Waals surface area contributed by atoms with Crippen molar-refractivity contribution in [3.8, 4) is 11.8 Å².